The number of unbranched alkanes of at least 4 members (excludes halogenated alkanes) is 2. The number of aliphatic hydroxyl groups excluding tert-OH is 2. The van der Waals surface area contributed by atoms with Crippen LogP contribution in [0.2, 0.25) is 0 Å². The largest absolute Gasteiger partial charge is 0.481 e. The van der Waals surface area contributed by atoms with Crippen LogP contribution in [0.15, 0.2) is 24.3 Å². The second-order valence-electron chi connectivity index (χ2n) is 5.95. The van der Waals surface area contributed by atoms with E-state index in [4.69, 9.17) is 21.1 Å². The molecule has 5 nitrogen and oxygen atoms in total. The number of rotatable bonds is 11. The molecule has 1 aromatic rings. The SMILES string of the molecule is Cl.NC(CO)(CO)CCc1ccc(CCCCCC(=O)O)cc1. The summed E-state index contributed by atoms with van der Waals surface area (Å²) in [6, 6.07) is 8.23. The van der Waals surface area contributed by atoms with Crippen molar-refractivity contribution in [2.24, 2.45) is 5.73 Å². The maximum atomic E-state index is 10.4. The Hall–Kier alpha value is -1.14. The third-order valence-corrected chi connectivity index (χ3v) is 3.92. The van der Waals surface area contributed by atoms with Crippen LogP contribution in [0.3, 0.4) is 0 Å². The highest BCUT2D eigenvalue weighted by molar-refractivity contribution is 5.85. The molecule has 0 aliphatic heterocycles. The second kappa shape index (κ2) is 11.4. The van der Waals surface area contributed by atoms with Crippen LogP contribution < -0.4 is 5.73 Å². The van der Waals surface area contributed by atoms with Gasteiger partial charge in [0.15, 0.2) is 0 Å². The smallest absolute Gasteiger partial charge is 0.303 e. The third-order valence-electron chi connectivity index (χ3n) is 3.92. The van der Waals surface area contributed by atoms with Crippen molar-refractivity contribution in [1.29, 1.82) is 0 Å². The molecule has 0 saturated heterocycles. The van der Waals surface area contributed by atoms with Gasteiger partial charge in [-0.15, -0.1) is 12.4 Å². The molecule has 0 fully saturated rings. The lowest BCUT2D eigenvalue weighted by atomic mass is 9.93. The third kappa shape index (κ3) is 8.91. The minimum absolute atomic E-state index is 0. The maximum Gasteiger partial charge on any atom is 0.303 e. The predicted octanol–water partition coefficient (Wildman–Crippen LogP) is 1.91. The summed E-state index contributed by atoms with van der Waals surface area (Å²) in [7, 11) is 0. The monoisotopic (exact) mass is 345 g/mol. The van der Waals surface area contributed by atoms with Crippen molar-refractivity contribution in [3.63, 3.8) is 0 Å². The zero-order valence-corrected chi connectivity index (χ0v) is 14.2. The highest BCUT2D eigenvalue weighted by atomic mass is 35.5. The minimum atomic E-state index is -0.914. The fourth-order valence-electron chi connectivity index (χ4n) is 2.26. The summed E-state index contributed by atoms with van der Waals surface area (Å²) in [4.78, 5) is 10.4. The molecule has 0 saturated carbocycles. The molecule has 23 heavy (non-hydrogen) atoms. The van der Waals surface area contributed by atoms with Gasteiger partial charge in [0, 0.05) is 6.42 Å². The van der Waals surface area contributed by atoms with Gasteiger partial charge in [0.25, 0.3) is 0 Å². The van der Waals surface area contributed by atoms with E-state index in [-0.39, 0.29) is 32.0 Å². The van der Waals surface area contributed by atoms with Gasteiger partial charge in [-0.3, -0.25) is 4.79 Å². The maximum absolute atomic E-state index is 10.4. The Balaban J connectivity index is 0.00000484. The minimum Gasteiger partial charge on any atom is -0.481 e. The number of carbonyl (C=O) groups is 1. The van der Waals surface area contributed by atoms with Crippen molar-refractivity contribution in [1.82, 2.24) is 0 Å². The van der Waals surface area contributed by atoms with Crippen LogP contribution in [-0.4, -0.2) is 40.0 Å². The summed E-state index contributed by atoms with van der Waals surface area (Å²) >= 11 is 0. The molecule has 0 spiro atoms. The summed E-state index contributed by atoms with van der Waals surface area (Å²) in [5.74, 6) is -0.730. The van der Waals surface area contributed by atoms with E-state index in [0.29, 0.717) is 6.42 Å². The van der Waals surface area contributed by atoms with Gasteiger partial charge in [-0.2, -0.15) is 0 Å². The molecule has 0 atom stereocenters. The van der Waals surface area contributed by atoms with E-state index in [0.717, 1.165) is 37.7 Å². The Morgan fingerprint density at radius 1 is 0.957 bits per heavy atom. The van der Waals surface area contributed by atoms with Crippen molar-refractivity contribution in [2.45, 2.75) is 50.5 Å². The molecule has 0 aliphatic carbocycles. The summed E-state index contributed by atoms with van der Waals surface area (Å²) in [6.07, 6.45) is 5.10. The van der Waals surface area contributed by atoms with Crippen molar-refractivity contribution in [3.05, 3.63) is 35.4 Å². The first kappa shape index (κ1) is 21.9. The van der Waals surface area contributed by atoms with Crippen molar-refractivity contribution in [2.75, 3.05) is 13.2 Å². The Bertz CT molecular complexity index is 446. The summed E-state index contributed by atoms with van der Waals surface area (Å²) < 4.78 is 0. The summed E-state index contributed by atoms with van der Waals surface area (Å²) in [6.45, 7) is -0.449. The Labute approximate surface area is 143 Å². The van der Waals surface area contributed by atoms with Crippen LogP contribution in [-0.2, 0) is 17.6 Å². The second-order valence-corrected chi connectivity index (χ2v) is 5.95. The van der Waals surface area contributed by atoms with E-state index in [1.807, 2.05) is 12.1 Å². The normalized spacial score (nSPS) is 11.1. The number of aryl methyl sites for hydroxylation is 2. The van der Waals surface area contributed by atoms with Gasteiger partial charge >= 0.3 is 5.97 Å². The van der Waals surface area contributed by atoms with Crippen molar-refractivity contribution >= 4 is 18.4 Å². The lowest BCUT2D eigenvalue weighted by molar-refractivity contribution is -0.137. The van der Waals surface area contributed by atoms with E-state index < -0.39 is 11.5 Å². The lowest BCUT2D eigenvalue weighted by Crippen LogP contribution is -2.47. The molecule has 1 aromatic carbocycles. The van der Waals surface area contributed by atoms with Crippen LogP contribution in [0.1, 0.15) is 43.2 Å². The summed E-state index contributed by atoms with van der Waals surface area (Å²) in [5, 5.41) is 26.9. The van der Waals surface area contributed by atoms with E-state index in [1.165, 1.54) is 5.56 Å². The fourth-order valence-corrected chi connectivity index (χ4v) is 2.26. The molecule has 0 amide bonds. The van der Waals surface area contributed by atoms with Gasteiger partial charge in [0.1, 0.15) is 0 Å². The quantitative estimate of drug-likeness (QED) is 0.459. The molecule has 0 unspecified atom stereocenters. The highest BCUT2D eigenvalue weighted by Crippen LogP contribution is 2.14. The van der Waals surface area contributed by atoms with Gasteiger partial charge in [-0.05, 0) is 43.2 Å². The standard InChI is InChI=1S/C17H27NO4.ClH/c18-17(12-19,13-20)11-10-15-8-6-14(7-9-15)4-2-1-3-5-16(21)22;/h6-9,19-20H,1-5,10-13,18H2,(H,21,22);1H. The average Bonchev–Trinajstić information content (AvgIpc) is 2.53. The van der Waals surface area contributed by atoms with Gasteiger partial charge in [-0.25, -0.2) is 0 Å². The number of hydrogen-bond donors (Lipinski definition) is 4. The van der Waals surface area contributed by atoms with Crippen LogP contribution in [0.4, 0.5) is 0 Å². The zero-order chi connectivity index (χ0) is 16.4. The number of aliphatic hydroxyl groups is 2. The predicted molar refractivity (Wildman–Crippen MR) is 92.9 cm³/mol. The number of aliphatic carboxylic acids is 1. The number of halogens is 1. The highest BCUT2D eigenvalue weighted by Gasteiger charge is 2.22. The van der Waals surface area contributed by atoms with Gasteiger partial charge < -0.3 is 21.1 Å². The molecule has 0 radical (unpaired) electrons. The fraction of sp³-hybridized carbons (Fsp3) is 0.588. The number of carboxylic acid groups (broad SMARTS) is 1. The van der Waals surface area contributed by atoms with Crippen LogP contribution >= 0.6 is 12.4 Å². The molecular weight excluding hydrogens is 318 g/mol. The number of benzene rings is 1. The lowest BCUT2D eigenvalue weighted by Gasteiger charge is -2.24. The number of hydrogen-bond acceptors (Lipinski definition) is 4. The van der Waals surface area contributed by atoms with Crippen LogP contribution in [0.5, 0.6) is 0 Å². The first-order valence-corrected chi connectivity index (χ1v) is 7.79. The molecular formula is C17H28ClNO4. The first-order chi connectivity index (χ1) is 10.5. The van der Waals surface area contributed by atoms with E-state index in [2.05, 4.69) is 12.1 Å². The molecule has 132 valence electrons. The zero-order valence-electron chi connectivity index (χ0n) is 13.4. The topological polar surface area (TPSA) is 104 Å². The van der Waals surface area contributed by atoms with Crippen molar-refractivity contribution < 1.29 is 20.1 Å². The molecule has 0 bridgehead atoms. The number of nitrogens with two attached hydrogens (primary N) is 1. The molecule has 0 heterocycles. The summed E-state index contributed by atoms with van der Waals surface area (Å²) in [5.41, 5.74) is 7.30. The average molecular weight is 346 g/mol. The molecule has 0 aliphatic rings. The molecule has 1 rings (SSSR count). The molecule has 0 aromatic heterocycles. The molecule has 5 N–H and O–H groups in total. The van der Waals surface area contributed by atoms with Gasteiger partial charge in [0.05, 0.1) is 18.8 Å². The van der Waals surface area contributed by atoms with E-state index in [9.17, 15) is 4.79 Å². The molecule has 6 heteroatoms. The van der Waals surface area contributed by atoms with E-state index in [1.54, 1.807) is 0 Å². The van der Waals surface area contributed by atoms with Crippen LogP contribution in [0, 0.1) is 0 Å². The van der Waals surface area contributed by atoms with Crippen LogP contribution in [0.25, 0.3) is 0 Å². The van der Waals surface area contributed by atoms with Gasteiger partial charge in [-0.1, -0.05) is 30.7 Å². The first-order valence-electron chi connectivity index (χ1n) is 7.79. The van der Waals surface area contributed by atoms with E-state index >= 15 is 0 Å². The van der Waals surface area contributed by atoms with Gasteiger partial charge in [0.2, 0.25) is 0 Å². The Morgan fingerprint density at radius 2 is 1.48 bits per heavy atom. The Morgan fingerprint density at radius 3 is 1.96 bits per heavy atom. The Kier molecular flexibility index (Phi) is 10.8. The number of carboxylic acids is 1. The van der Waals surface area contributed by atoms with Crippen molar-refractivity contribution in [3.8, 4) is 0 Å².